The number of aromatic amines is 1. The second-order valence-electron chi connectivity index (χ2n) is 3.43. The van der Waals surface area contributed by atoms with E-state index in [4.69, 9.17) is 9.79 Å². The number of phosphoric acid groups is 1. The molecule has 3 N–H and O–H groups in total. The molecule has 0 radical (unpaired) electrons. The molecule has 0 bridgehead atoms. The minimum atomic E-state index is -4.51. The first-order valence-electron chi connectivity index (χ1n) is 4.85. The van der Waals surface area contributed by atoms with Crippen LogP contribution >= 0.6 is 7.82 Å². The van der Waals surface area contributed by atoms with Gasteiger partial charge < -0.3 is 9.51 Å². The van der Waals surface area contributed by atoms with Crippen molar-refractivity contribution in [2.45, 2.75) is 13.3 Å². The van der Waals surface area contributed by atoms with Gasteiger partial charge in [0.25, 0.3) is 0 Å². The summed E-state index contributed by atoms with van der Waals surface area (Å²) in [6, 6.07) is 5.07. The molecular weight excluding hydrogens is 229 g/mol. The highest BCUT2D eigenvalue weighted by Gasteiger charge is 2.19. The number of H-pyrrole nitrogens is 1. The lowest BCUT2D eigenvalue weighted by molar-refractivity contribution is 0.284. The van der Waals surface area contributed by atoms with E-state index < -0.39 is 7.82 Å². The molecule has 1 heterocycles. The Hall–Kier alpha value is -1.29. The molecule has 0 spiro atoms. The van der Waals surface area contributed by atoms with E-state index >= 15 is 0 Å². The Kier molecular flexibility index (Phi) is 2.76. The molecule has 0 aliphatic heterocycles. The van der Waals surface area contributed by atoms with E-state index in [1.165, 1.54) is 0 Å². The van der Waals surface area contributed by atoms with Crippen molar-refractivity contribution in [1.29, 1.82) is 0 Å². The topological polar surface area (TPSA) is 82.6 Å². The van der Waals surface area contributed by atoms with E-state index in [2.05, 4.69) is 9.51 Å². The SMILES string of the molecule is CCc1c[nH]c2cccc(OP(=O)(O)O)c12. The summed E-state index contributed by atoms with van der Waals surface area (Å²) >= 11 is 0. The standard InChI is InChI=1S/C10H12NO4P/c1-2-7-6-11-8-4-3-5-9(10(7)8)15-16(12,13)14/h3-6,11H,2H2,1H3,(H2,12,13,14). The van der Waals surface area contributed by atoms with Crippen LogP contribution < -0.4 is 4.52 Å². The van der Waals surface area contributed by atoms with Gasteiger partial charge >= 0.3 is 7.82 Å². The number of aromatic nitrogens is 1. The molecule has 2 rings (SSSR count). The minimum absolute atomic E-state index is 0.212. The van der Waals surface area contributed by atoms with Crippen molar-refractivity contribution in [3.8, 4) is 5.75 Å². The van der Waals surface area contributed by atoms with Crippen LogP contribution in [0.3, 0.4) is 0 Å². The lowest BCUT2D eigenvalue weighted by Gasteiger charge is -2.08. The molecule has 86 valence electrons. The van der Waals surface area contributed by atoms with Crippen LogP contribution in [-0.2, 0) is 11.0 Å². The van der Waals surface area contributed by atoms with E-state index in [9.17, 15) is 4.57 Å². The zero-order valence-corrected chi connectivity index (χ0v) is 9.57. The number of benzene rings is 1. The van der Waals surface area contributed by atoms with Gasteiger partial charge in [0.1, 0.15) is 5.75 Å². The van der Waals surface area contributed by atoms with Crippen LogP contribution in [0.15, 0.2) is 24.4 Å². The Morgan fingerprint density at radius 2 is 2.19 bits per heavy atom. The van der Waals surface area contributed by atoms with E-state index in [0.717, 1.165) is 22.9 Å². The third-order valence-corrected chi connectivity index (χ3v) is 2.78. The zero-order valence-electron chi connectivity index (χ0n) is 8.67. The lowest BCUT2D eigenvalue weighted by Crippen LogP contribution is -1.91. The lowest BCUT2D eigenvalue weighted by atomic mass is 10.1. The number of nitrogens with one attached hydrogen (secondary N) is 1. The molecule has 16 heavy (non-hydrogen) atoms. The van der Waals surface area contributed by atoms with Gasteiger partial charge in [-0.05, 0) is 24.1 Å². The summed E-state index contributed by atoms with van der Waals surface area (Å²) in [4.78, 5) is 20.7. The second kappa shape index (κ2) is 3.94. The largest absolute Gasteiger partial charge is 0.524 e. The molecule has 0 aliphatic carbocycles. The van der Waals surface area contributed by atoms with Crippen molar-refractivity contribution in [2.75, 3.05) is 0 Å². The van der Waals surface area contributed by atoms with Gasteiger partial charge in [-0.1, -0.05) is 13.0 Å². The van der Waals surface area contributed by atoms with Crippen LogP contribution in [0.1, 0.15) is 12.5 Å². The zero-order chi connectivity index (χ0) is 11.8. The summed E-state index contributed by atoms with van der Waals surface area (Å²) in [7, 11) is -4.51. The smallest absolute Gasteiger partial charge is 0.404 e. The number of aryl methyl sites for hydroxylation is 1. The number of rotatable bonds is 3. The monoisotopic (exact) mass is 241 g/mol. The molecule has 0 unspecified atom stereocenters. The van der Waals surface area contributed by atoms with Crippen molar-refractivity contribution >= 4 is 18.7 Å². The summed E-state index contributed by atoms with van der Waals surface area (Å²) in [5.41, 5.74) is 1.78. The summed E-state index contributed by atoms with van der Waals surface area (Å²) in [5.74, 6) is 0.212. The number of fused-ring (bicyclic) bond motifs is 1. The molecule has 1 aromatic heterocycles. The second-order valence-corrected chi connectivity index (χ2v) is 4.59. The van der Waals surface area contributed by atoms with Crippen LogP contribution in [0.2, 0.25) is 0 Å². The quantitative estimate of drug-likeness (QED) is 0.719. The first kappa shape index (κ1) is 11.2. The van der Waals surface area contributed by atoms with Crippen molar-refractivity contribution in [3.63, 3.8) is 0 Å². The molecule has 0 atom stereocenters. The van der Waals surface area contributed by atoms with Crippen molar-refractivity contribution < 1.29 is 18.9 Å². The van der Waals surface area contributed by atoms with E-state index in [0.29, 0.717) is 0 Å². The van der Waals surface area contributed by atoms with Crippen molar-refractivity contribution in [3.05, 3.63) is 30.0 Å². The van der Waals surface area contributed by atoms with Crippen LogP contribution in [0.5, 0.6) is 5.75 Å². The Morgan fingerprint density at radius 3 is 2.81 bits per heavy atom. The number of hydrogen-bond donors (Lipinski definition) is 3. The van der Waals surface area contributed by atoms with Gasteiger partial charge in [0.05, 0.1) is 0 Å². The summed E-state index contributed by atoms with van der Waals surface area (Å²) in [6.45, 7) is 1.97. The third-order valence-electron chi connectivity index (χ3n) is 2.35. The molecule has 0 fully saturated rings. The highest BCUT2D eigenvalue weighted by atomic mass is 31.2. The maximum Gasteiger partial charge on any atom is 0.524 e. The summed E-state index contributed by atoms with van der Waals surface area (Å²) in [5, 5.41) is 0.730. The molecule has 1 aromatic carbocycles. The molecular formula is C10H12NO4P. The molecule has 0 aliphatic rings. The maximum atomic E-state index is 10.8. The Labute approximate surface area is 92.3 Å². The van der Waals surface area contributed by atoms with E-state index in [1.54, 1.807) is 12.1 Å². The van der Waals surface area contributed by atoms with Crippen molar-refractivity contribution in [2.24, 2.45) is 0 Å². The Balaban J connectivity index is 2.59. The molecule has 0 saturated carbocycles. The van der Waals surface area contributed by atoms with Gasteiger partial charge in [-0.3, -0.25) is 9.79 Å². The predicted molar refractivity (Wildman–Crippen MR) is 60.3 cm³/mol. The molecule has 2 aromatic rings. The van der Waals surface area contributed by atoms with Gasteiger partial charge in [-0.15, -0.1) is 0 Å². The molecule has 0 amide bonds. The van der Waals surface area contributed by atoms with Gasteiger partial charge in [0.15, 0.2) is 0 Å². The van der Waals surface area contributed by atoms with Gasteiger partial charge in [0.2, 0.25) is 0 Å². The average molecular weight is 241 g/mol. The van der Waals surface area contributed by atoms with Gasteiger partial charge in [0, 0.05) is 17.1 Å². The molecule has 5 nitrogen and oxygen atoms in total. The van der Waals surface area contributed by atoms with Crippen LogP contribution in [-0.4, -0.2) is 14.8 Å². The predicted octanol–water partition coefficient (Wildman–Crippen LogP) is 2.20. The number of hydrogen-bond acceptors (Lipinski definition) is 2. The molecule has 6 heteroatoms. The fraction of sp³-hybridized carbons (Fsp3) is 0.200. The molecule has 0 saturated heterocycles. The fourth-order valence-electron chi connectivity index (χ4n) is 1.70. The average Bonchev–Trinajstić information content (AvgIpc) is 2.59. The van der Waals surface area contributed by atoms with Crippen molar-refractivity contribution in [1.82, 2.24) is 4.98 Å². The van der Waals surface area contributed by atoms with Crippen LogP contribution in [0, 0.1) is 0 Å². The fourth-order valence-corrected chi connectivity index (χ4v) is 2.11. The highest BCUT2D eigenvalue weighted by Crippen LogP contribution is 2.41. The number of phosphoric ester groups is 1. The van der Waals surface area contributed by atoms with Gasteiger partial charge in [-0.25, -0.2) is 4.57 Å². The summed E-state index contributed by atoms with van der Waals surface area (Å²) < 4.78 is 15.5. The van der Waals surface area contributed by atoms with Crippen LogP contribution in [0.4, 0.5) is 0 Å². The van der Waals surface area contributed by atoms with E-state index in [1.807, 2.05) is 19.2 Å². The first-order valence-corrected chi connectivity index (χ1v) is 6.38. The van der Waals surface area contributed by atoms with Crippen LogP contribution in [0.25, 0.3) is 10.9 Å². The van der Waals surface area contributed by atoms with Gasteiger partial charge in [-0.2, -0.15) is 0 Å². The third kappa shape index (κ3) is 2.11. The minimum Gasteiger partial charge on any atom is -0.404 e. The van der Waals surface area contributed by atoms with E-state index in [-0.39, 0.29) is 5.75 Å². The summed E-state index contributed by atoms with van der Waals surface area (Å²) in [6.07, 6.45) is 2.58. The maximum absolute atomic E-state index is 10.8. The highest BCUT2D eigenvalue weighted by molar-refractivity contribution is 7.46. The first-order chi connectivity index (χ1) is 7.51. The Bertz CT molecular complexity index is 557. The normalized spacial score (nSPS) is 11.9. The Morgan fingerprint density at radius 1 is 1.44 bits per heavy atom.